The van der Waals surface area contributed by atoms with E-state index < -0.39 is 0 Å². The molecule has 0 saturated carbocycles. The average molecular weight is 284 g/mol. The Morgan fingerprint density at radius 2 is 1.85 bits per heavy atom. The fourth-order valence-electron chi connectivity index (χ4n) is 2.29. The number of rotatable bonds is 4. The Morgan fingerprint density at radius 1 is 1.15 bits per heavy atom. The van der Waals surface area contributed by atoms with E-state index in [-0.39, 0.29) is 0 Å². The molecule has 2 nitrogen and oxygen atoms in total. The maximum atomic E-state index is 5.83. The zero-order valence-corrected chi connectivity index (χ0v) is 13.0. The third-order valence-corrected chi connectivity index (χ3v) is 3.72. The highest BCUT2D eigenvalue weighted by Crippen LogP contribution is 2.23. The van der Waals surface area contributed by atoms with Crippen LogP contribution in [0.5, 0.6) is 0 Å². The summed E-state index contributed by atoms with van der Waals surface area (Å²) in [4.78, 5) is 2.64. The summed E-state index contributed by atoms with van der Waals surface area (Å²) in [6.07, 6.45) is 0. The molecule has 0 saturated heterocycles. The van der Waals surface area contributed by atoms with Crippen molar-refractivity contribution >= 4 is 22.9 Å². The molecule has 0 aliphatic carbocycles. The van der Waals surface area contributed by atoms with Gasteiger partial charge in [0.2, 0.25) is 0 Å². The summed E-state index contributed by atoms with van der Waals surface area (Å²) in [5, 5.41) is 0. The summed E-state index contributed by atoms with van der Waals surface area (Å²) >= 11 is 5.15. The smallest absolute Gasteiger partial charge is 0.106 e. The first-order valence-corrected chi connectivity index (χ1v) is 7.06. The van der Waals surface area contributed by atoms with E-state index in [0.29, 0.717) is 4.99 Å². The van der Waals surface area contributed by atoms with E-state index in [9.17, 15) is 0 Å². The predicted molar refractivity (Wildman–Crippen MR) is 90.4 cm³/mol. The van der Waals surface area contributed by atoms with Gasteiger partial charge in [-0.3, -0.25) is 0 Å². The minimum Gasteiger partial charge on any atom is -0.389 e. The van der Waals surface area contributed by atoms with Gasteiger partial charge >= 0.3 is 0 Å². The zero-order valence-electron chi connectivity index (χ0n) is 12.2. The van der Waals surface area contributed by atoms with Crippen molar-refractivity contribution in [3.63, 3.8) is 0 Å². The van der Waals surface area contributed by atoms with Crippen LogP contribution in [0, 0.1) is 13.8 Å². The predicted octanol–water partition coefficient (Wildman–Crippen LogP) is 3.57. The summed E-state index contributed by atoms with van der Waals surface area (Å²) in [6, 6.07) is 14.6. The van der Waals surface area contributed by atoms with Gasteiger partial charge in [0.25, 0.3) is 0 Å². The lowest BCUT2D eigenvalue weighted by atomic mass is 10.1. The standard InChI is InChI=1S/C17H20N2S/c1-12-8-9-15(17(18)20)16(10-12)19(3)11-14-7-5-4-6-13(14)2/h4-10H,11H2,1-3H3,(H2,18,20). The normalized spacial score (nSPS) is 10.3. The number of nitrogens with zero attached hydrogens (tertiary/aromatic N) is 1. The van der Waals surface area contributed by atoms with Crippen LogP contribution >= 0.6 is 12.2 Å². The zero-order chi connectivity index (χ0) is 14.7. The average Bonchev–Trinajstić information content (AvgIpc) is 2.40. The fourth-order valence-corrected chi connectivity index (χ4v) is 2.47. The van der Waals surface area contributed by atoms with E-state index in [4.69, 9.17) is 18.0 Å². The fraction of sp³-hybridized carbons (Fsp3) is 0.235. The lowest BCUT2D eigenvalue weighted by Gasteiger charge is -2.23. The molecule has 0 heterocycles. The van der Waals surface area contributed by atoms with Crippen LogP contribution in [0.15, 0.2) is 42.5 Å². The Bertz CT molecular complexity index is 635. The molecule has 104 valence electrons. The number of nitrogens with two attached hydrogens (primary N) is 1. The van der Waals surface area contributed by atoms with E-state index in [2.05, 4.69) is 56.1 Å². The first-order valence-electron chi connectivity index (χ1n) is 6.65. The van der Waals surface area contributed by atoms with E-state index >= 15 is 0 Å². The van der Waals surface area contributed by atoms with Crippen LogP contribution in [0.3, 0.4) is 0 Å². The Morgan fingerprint density at radius 3 is 2.50 bits per heavy atom. The number of anilines is 1. The van der Waals surface area contributed by atoms with Crippen LogP contribution in [0.1, 0.15) is 22.3 Å². The molecule has 2 N–H and O–H groups in total. The topological polar surface area (TPSA) is 29.3 Å². The first-order chi connectivity index (χ1) is 9.49. The Labute approximate surface area is 126 Å². The number of hydrogen-bond acceptors (Lipinski definition) is 2. The number of hydrogen-bond donors (Lipinski definition) is 1. The van der Waals surface area contributed by atoms with Crippen LogP contribution in [0.4, 0.5) is 5.69 Å². The van der Waals surface area contributed by atoms with Crippen LogP contribution in [0.2, 0.25) is 0 Å². The van der Waals surface area contributed by atoms with Gasteiger partial charge in [0.05, 0.1) is 0 Å². The third kappa shape index (κ3) is 3.17. The number of thiocarbonyl (C=S) groups is 1. The maximum absolute atomic E-state index is 5.83. The second kappa shape index (κ2) is 6.06. The van der Waals surface area contributed by atoms with Crippen LogP contribution < -0.4 is 10.6 Å². The highest BCUT2D eigenvalue weighted by molar-refractivity contribution is 7.80. The van der Waals surface area contributed by atoms with Gasteiger partial charge in [0.15, 0.2) is 0 Å². The molecule has 0 bridgehead atoms. The van der Waals surface area contributed by atoms with Crippen LogP contribution in [0.25, 0.3) is 0 Å². The van der Waals surface area contributed by atoms with Gasteiger partial charge in [-0.2, -0.15) is 0 Å². The third-order valence-electron chi connectivity index (χ3n) is 3.50. The van der Waals surface area contributed by atoms with Gasteiger partial charge in [0.1, 0.15) is 4.99 Å². The summed E-state index contributed by atoms with van der Waals surface area (Å²) in [5.41, 5.74) is 11.7. The molecule has 0 spiro atoms. The lowest BCUT2D eigenvalue weighted by molar-refractivity contribution is 0.912. The Balaban J connectivity index is 2.34. The summed E-state index contributed by atoms with van der Waals surface area (Å²) in [6.45, 7) is 5.05. The van der Waals surface area contributed by atoms with Gasteiger partial charge in [-0.1, -0.05) is 42.5 Å². The highest BCUT2D eigenvalue weighted by atomic mass is 32.1. The van der Waals surface area contributed by atoms with E-state index in [1.165, 1.54) is 16.7 Å². The van der Waals surface area contributed by atoms with Gasteiger partial charge in [-0.15, -0.1) is 0 Å². The molecule has 3 heteroatoms. The highest BCUT2D eigenvalue weighted by Gasteiger charge is 2.11. The molecular weight excluding hydrogens is 264 g/mol. The molecular formula is C17H20N2S. The van der Waals surface area contributed by atoms with Gasteiger partial charge < -0.3 is 10.6 Å². The van der Waals surface area contributed by atoms with E-state index in [1.54, 1.807) is 0 Å². The maximum Gasteiger partial charge on any atom is 0.106 e. The van der Waals surface area contributed by atoms with Gasteiger partial charge in [0, 0.05) is 24.8 Å². The van der Waals surface area contributed by atoms with E-state index in [1.807, 2.05) is 12.1 Å². The Kier molecular flexibility index (Phi) is 4.40. The van der Waals surface area contributed by atoms with Crippen molar-refractivity contribution in [3.8, 4) is 0 Å². The second-order valence-electron chi connectivity index (χ2n) is 5.17. The van der Waals surface area contributed by atoms with Crippen molar-refractivity contribution in [1.82, 2.24) is 0 Å². The van der Waals surface area contributed by atoms with Crippen molar-refractivity contribution in [2.24, 2.45) is 5.73 Å². The molecule has 2 aromatic carbocycles. The molecule has 0 radical (unpaired) electrons. The lowest BCUT2D eigenvalue weighted by Crippen LogP contribution is -2.22. The quantitative estimate of drug-likeness (QED) is 0.870. The summed E-state index contributed by atoms with van der Waals surface area (Å²) in [5.74, 6) is 0. The SMILES string of the molecule is Cc1ccc(C(N)=S)c(N(C)Cc2ccccc2C)c1. The summed E-state index contributed by atoms with van der Waals surface area (Å²) < 4.78 is 0. The van der Waals surface area contributed by atoms with Gasteiger partial charge in [-0.05, 0) is 42.7 Å². The van der Waals surface area contributed by atoms with Crippen molar-refractivity contribution in [3.05, 3.63) is 64.7 Å². The largest absolute Gasteiger partial charge is 0.389 e. The molecule has 0 amide bonds. The molecule has 0 aliphatic rings. The number of benzene rings is 2. The monoisotopic (exact) mass is 284 g/mol. The van der Waals surface area contributed by atoms with Crippen LogP contribution in [-0.4, -0.2) is 12.0 Å². The molecule has 0 aliphatic heterocycles. The van der Waals surface area contributed by atoms with Crippen molar-refractivity contribution in [1.29, 1.82) is 0 Å². The molecule has 0 aromatic heterocycles. The first kappa shape index (κ1) is 14.5. The molecule has 2 aromatic rings. The molecule has 0 atom stereocenters. The van der Waals surface area contributed by atoms with Crippen molar-refractivity contribution in [2.75, 3.05) is 11.9 Å². The molecule has 0 unspecified atom stereocenters. The number of aryl methyl sites for hydroxylation is 2. The summed E-state index contributed by atoms with van der Waals surface area (Å²) in [7, 11) is 2.07. The minimum absolute atomic E-state index is 0.441. The Hall–Kier alpha value is -1.87. The van der Waals surface area contributed by atoms with Gasteiger partial charge in [-0.25, -0.2) is 0 Å². The molecule has 0 fully saturated rings. The molecule has 20 heavy (non-hydrogen) atoms. The minimum atomic E-state index is 0.441. The van der Waals surface area contributed by atoms with Crippen molar-refractivity contribution in [2.45, 2.75) is 20.4 Å². The molecule has 2 rings (SSSR count). The second-order valence-corrected chi connectivity index (χ2v) is 5.61. The van der Waals surface area contributed by atoms with E-state index in [0.717, 1.165) is 17.8 Å². The van der Waals surface area contributed by atoms with Crippen molar-refractivity contribution < 1.29 is 0 Å². The van der Waals surface area contributed by atoms with Crippen LogP contribution in [-0.2, 0) is 6.54 Å².